The molecule has 0 bridgehead atoms. The van der Waals surface area contributed by atoms with Crippen molar-refractivity contribution in [3.63, 3.8) is 0 Å². The fourth-order valence-corrected chi connectivity index (χ4v) is 2.71. The Morgan fingerprint density at radius 2 is 2.08 bits per heavy atom. The van der Waals surface area contributed by atoms with Crippen LogP contribution in [0.25, 0.3) is 17.0 Å². The van der Waals surface area contributed by atoms with Gasteiger partial charge in [0.15, 0.2) is 11.6 Å². The van der Waals surface area contributed by atoms with Crippen molar-refractivity contribution in [1.29, 1.82) is 0 Å². The number of methoxy groups -OCH3 is 1. The lowest BCUT2D eigenvalue weighted by Gasteiger charge is -2.08. The van der Waals surface area contributed by atoms with E-state index in [1.807, 2.05) is 24.3 Å². The standard InChI is InChI=1S/C17H22N6O2/c1-4-22-14-8-6-5-7-13(14)19-17(22)23-16(11-18-12(2)24)20-15(21-23)9-10-25-3/h5-8H,4,9-11H2,1-3H3,(H,18,24). The molecule has 0 spiro atoms. The third kappa shape index (κ3) is 3.53. The van der Waals surface area contributed by atoms with Crippen molar-refractivity contribution in [2.45, 2.75) is 33.4 Å². The minimum Gasteiger partial charge on any atom is -0.384 e. The molecule has 3 aromatic rings. The summed E-state index contributed by atoms with van der Waals surface area (Å²) in [5, 5.41) is 7.37. The monoisotopic (exact) mass is 342 g/mol. The maximum Gasteiger partial charge on any atom is 0.233 e. The molecule has 1 aromatic carbocycles. The first-order chi connectivity index (χ1) is 12.1. The van der Waals surface area contributed by atoms with Crippen molar-refractivity contribution < 1.29 is 9.53 Å². The van der Waals surface area contributed by atoms with Gasteiger partial charge in [-0.2, -0.15) is 4.68 Å². The molecule has 25 heavy (non-hydrogen) atoms. The van der Waals surface area contributed by atoms with Crippen molar-refractivity contribution in [1.82, 2.24) is 29.6 Å². The first-order valence-electron chi connectivity index (χ1n) is 8.27. The van der Waals surface area contributed by atoms with Crippen LogP contribution in [0.4, 0.5) is 0 Å². The van der Waals surface area contributed by atoms with E-state index in [0.29, 0.717) is 37.2 Å². The number of rotatable bonds is 7. The van der Waals surface area contributed by atoms with Crippen molar-refractivity contribution >= 4 is 16.9 Å². The maximum atomic E-state index is 11.3. The van der Waals surface area contributed by atoms with Gasteiger partial charge in [0.1, 0.15) is 0 Å². The number of carbonyl (C=O) groups is 1. The molecule has 0 saturated carbocycles. The summed E-state index contributed by atoms with van der Waals surface area (Å²) in [5.74, 6) is 1.89. The Morgan fingerprint density at radius 1 is 1.28 bits per heavy atom. The fraction of sp³-hybridized carbons (Fsp3) is 0.412. The van der Waals surface area contributed by atoms with Crippen LogP contribution in [-0.2, 0) is 29.0 Å². The smallest absolute Gasteiger partial charge is 0.233 e. The molecule has 1 N–H and O–H groups in total. The molecule has 0 aliphatic rings. The lowest BCUT2D eigenvalue weighted by molar-refractivity contribution is -0.119. The van der Waals surface area contributed by atoms with E-state index in [-0.39, 0.29) is 5.91 Å². The average molecular weight is 342 g/mol. The lowest BCUT2D eigenvalue weighted by atomic mass is 10.3. The van der Waals surface area contributed by atoms with E-state index in [0.717, 1.165) is 17.6 Å². The normalized spacial score (nSPS) is 11.2. The van der Waals surface area contributed by atoms with Crippen LogP contribution in [-0.4, -0.2) is 43.9 Å². The van der Waals surface area contributed by atoms with Crippen LogP contribution in [0.2, 0.25) is 0 Å². The van der Waals surface area contributed by atoms with Crippen molar-refractivity contribution in [2.24, 2.45) is 0 Å². The minimum atomic E-state index is -0.114. The van der Waals surface area contributed by atoms with Gasteiger partial charge in [-0.1, -0.05) is 12.1 Å². The molecule has 0 atom stereocenters. The second kappa shape index (κ2) is 7.43. The van der Waals surface area contributed by atoms with Gasteiger partial charge in [0.2, 0.25) is 11.9 Å². The summed E-state index contributed by atoms with van der Waals surface area (Å²) in [5.41, 5.74) is 1.94. The van der Waals surface area contributed by atoms with Gasteiger partial charge in [-0.05, 0) is 19.1 Å². The van der Waals surface area contributed by atoms with Crippen LogP contribution in [0.5, 0.6) is 0 Å². The molecule has 1 amide bonds. The van der Waals surface area contributed by atoms with Gasteiger partial charge < -0.3 is 14.6 Å². The molecule has 0 saturated heterocycles. The van der Waals surface area contributed by atoms with E-state index in [1.54, 1.807) is 11.8 Å². The Labute approximate surface area is 145 Å². The summed E-state index contributed by atoms with van der Waals surface area (Å²) in [6, 6.07) is 7.96. The second-order valence-electron chi connectivity index (χ2n) is 5.65. The van der Waals surface area contributed by atoms with Gasteiger partial charge in [0, 0.05) is 27.0 Å². The van der Waals surface area contributed by atoms with Gasteiger partial charge in [-0.3, -0.25) is 4.79 Å². The Kier molecular flexibility index (Phi) is 5.08. The predicted octanol–water partition coefficient (Wildman–Crippen LogP) is 1.46. The molecule has 132 valence electrons. The molecular formula is C17H22N6O2. The number of nitrogens with one attached hydrogen (secondary N) is 1. The number of benzene rings is 1. The molecule has 0 radical (unpaired) electrons. The van der Waals surface area contributed by atoms with E-state index >= 15 is 0 Å². The van der Waals surface area contributed by atoms with Crippen LogP contribution in [0.1, 0.15) is 25.5 Å². The number of hydrogen-bond acceptors (Lipinski definition) is 5. The van der Waals surface area contributed by atoms with E-state index in [4.69, 9.17) is 9.72 Å². The molecule has 2 heterocycles. The highest BCUT2D eigenvalue weighted by molar-refractivity contribution is 5.77. The predicted molar refractivity (Wildman–Crippen MR) is 93.4 cm³/mol. The number of aromatic nitrogens is 5. The fourth-order valence-electron chi connectivity index (χ4n) is 2.71. The summed E-state index contributed by atoms with van der Waals surface area (Å²) in [7, 11) is 1.64. The Bertz CT molecular complexity index is 883. The molecule has 8 heteroatoms. The van der Waals surface area contributed by atoms with Crippen LogP contribution < -0.4 is 5.32 Å². The SMILES string of the molecule is CCn1c(-n2nc(CCOC)nc2CNC(C)=O)nc2ccccc21. The zero-order valence-corrected chi connectivity index (χ0v) is 14.7. The van der Waals surface area contributed by atoms with E-state index in [2.05, 4.69) is 26.9 Å². The molecule has 0 unspecified atom stereocenters. The highest BCUT2D eigenvalue weighted by atomic mass is 16.5. The number of ether oxygens (including phenoxy) is 1. The summed E-state index contributed by atoms with van der Waals surface area (Å²) in [6.07, 6.45) is 0.600. The van der Waals surface area contributed by atoms with E-state index in [1.165, 1.54) is 6.92 Å². The van der Waals surface area contributed by atoms with E-state index < -0.39 is 0 Å². The zero-order valence-electron chi connectivity index (χ0n) is 14.7. The first-order valence-corrected chi connectivity index (χ1v) is 8.27. The van der Waals surface area contributed by atoms with Gasteiger partial charge >= 0.3 is 0 Å². The number of imidazole rings is 1. The Hall–Kier alpha value is -2.74. The number of para-hydroxylation sites is 2. The molecule has 3 rings (SSSR count). The molecule has 0 aliphatic heterocycles. The zero-order chi connectivity index (χ0) is 17.8. The first kappa shape index (κ1) is 17.1. The van der Waals surface area contributed by atoms with Crippen LogP contribution >= 0.6 is 0 Å². The summed E-state index contributed by atoms with van der Waals surface area (Å²) in [4.78, 5) is 20.6. The van der Waals surface area contributed by atoms with Crippen LogP contribution in [0.15, 0.2) is 24.3 Å². The third-order valence-corrected chi connectivity index (χ3v) is 3.88. The number of amides is 1. The van der Waals surface area contributed by atoms with Crippen molar-refractivity contribution in [3.8, 4) is 5.95 Å². The summed E-state index contributed by atoms with van der Waals surface area (Å²) < 4.78 is 8.91. The third-order valence-electron chi connectivity index (χ3n) is 3.88. The number of aryl methyl sites for hydroxylation is 1. The molecule has 0 fully saturated rings. The Balaban J connectivity index is 2.07. The quantitative estimate of drug-likeness (QED) is 0.702. The Morgan fingerprint density at radius 3 is 2.80 bits per heavy atom. The lowest BCUT2D eigenvalue weighted by Crippen LogP contribution is -2.22. The average Bonchev–Trinajstić information content (AvgIpc) is 3.18. The minimum absolute atomic E-state index is 0.114. The van der Waals surface area contributed by atoms with Crippen molar-refractivity contribution in [2.75, 3.05) is 13.7 Å². The van der Waals surface area contributed by atoms with Gasteiger partial charge in [-0.25, -0.2) is 9.97 Å². The van der Waals surface area contributed by atoms with Gasteiger partial charge in [-0.15, -0.1) is 5.10 Å². The highest BCUT2D eigenvalue weighted by Gasteiger charge is 2.18. The van der Waals surface area contributed by atoms with Gasteiger partial charge in [0.25, 0.3) is 0 Å². The topological polar surface area (TPSA) is 86.9 Å². The van der Waals surface area contributed by atoms with Gasteiger partial charge in [0.05, 0.1) is 24.2 Å². The molecule has 0 aliphatic carbocycles. The second-order valence-corrected chi connectivity index (χ2v) is 5.65. The van der Waals surface area contributed by atoms with Crippen molar-refractivity contribution in [3.05, 3.63) is 35.9 Å². The largest absolute Gasteiger partial charge is 0.384 e. The van der Waals surface area contributed by atoms with Crippen LogP contribution in [0.3, 0.4) is 0 Å². The number of carbonyl (C=O) groups excluding carboxylic acids is 1. The molecule has 8 nitrogen and oxygen atoms in total. The number of hydrogen-bond donors (Lipinski definition) is 1. The van der Waals surface area contributed by atoms with Crippen LogP contribution in [0, 0.1) is 0 Å². The molecule has 2 aromatic heterocycles. The summed E-state index contributed by atoms with van der Waals surface area (Å²) in [6.45, 7) is 5.13. The summed E-state index contributed by atoms with van der Waals surface area (Å²) >= 11 is 0. The highest BCUT2D eigenvalue weighted by Crippen LogP contribution is 2.19. The maximum absolute atomic E-state index is 11.3. The number of nitrogens with zero attached hydrogens (tertiary/aromatic N) is 5. The number of fused-ring (bicyclic) bond motifs is 1. The van der Waals surface area contributed by atoms with E-state index in [9.17, 15) is 4.79 Å². The molecular weight excluding hydrogens is 320 g/mol.